The molecule has 5 nitrogen and oxygen atoms in total. The van der Waals surface area contributed by atoms with Gasteiger partial charge in [-0.3, -0.25) is 4.79 Å². The van der Waals surface area contributed by atoms with Crippen molar-refractivity contribution in [1.29, 1.82) is 0 Å². The lowest BCUT2D eigenvalue weighted by atomic mass is 10.1. The number of amides is 1. The monoisotopic (exact) mass is 473 g/mol. The van der Waals surface area contributed by atoms with Gasteiger partial charge in [-0.05, 0) is 56.2 Å². The summed E-state index contributed by atoms with van der Waals surface area (Å²) in [5, 5.41) is 0.754. The van der Waals surface area contributed by atoms with Crippen LogP contribution < -0.4 is 4.74 Å². The van der Waals surface area contributed by atoms with E-state index >= 15 is 0 Å². The smallest absolute Gasteiger partial charge is 0.263 e. The van der Waals surface area contributed by atoms with Crippen LogP contribution in [0.5, 0.6) is 5.75 Å². The molecule has 0 saturated carbocycles. The minimum atomic E-state index is -3.26. The van der Waals surface area contributed by atoms with Crippen LogP contribution in [0.15, 0.2) is 36.4 Å². The molecule has 0 unspecified atom stereocenters. The summed E-state index contributed by atoms with van der Waals surface area (Å²) in [6.45, 7) is 3.25. The average molecular weight is 474 g/mol. The van der Waals surface area contributed by atoms with Gasteiger partial charge < -0.3 is 9.64 Å². The van der Waals surface area contributed by atoms with E-state index < -0.39 is 33.7 Å². The molecular weight excluding hydrogens is 452 g/mol. The predicted molar refractivity (Wildman–Crippen MR) is 115 cm³/mol. The Morgan fingerprint density at radius 3 is 2.60 bits per heavy atom. The third-order valence-corrected chi connectivity index (χ3v) is 7.64. The van der Waals surface area contributed by atoms with Crippen LogP contribution in [0.3, 0.4) is 0 Å². The fourth-order valence-electron chi connectivity index (χ4n) is 3.44. The molecule has 3 rings (SSSR count). The van der Waals surface area contributed by atoms with Crippen LogP contribution >= 0.6 is 23.2 Å². The first-order valence-corrected chi connectivity index (χ1v) is 12.0. The molecule has 0 aliphatic carbocycles. The minimum Gasteiger partial charge on any atom is -0.481 e. The van der Waals surface area contributed by atoms with Crippen molar-refractivity contribution in [2.24, 2.45) is 0 Å². The molecule has 1 amide bonds. The molecule has 30 heavy (non-hydrogen) atoms. The molecule has 9 heteroatoms. The predicted octanol–water partition coefficient (Wildman–Crippen LogP) is 4.42. The second-order valence-electron chi connectivity index (χ2n) is 7.39. The molecule has 0 spiro atoms. The Balaban J connectivity index is 1.86. The van der Waals surface area contributed by atoms with Crippen LogP contribution in [0.1, 0.15) is 24.5 Å². The van der Waals surface area contributed by atoms with Gasteiger partial charge in [-0.1, -0.05) is 29.3 Å². The Morgan fingerprint density at radius 2 is 2.00 bits per heavy atom. The molecule has 1 aliphatic rings. The van der Waals surface area contributed by atoms with Crippen molar-refractivity contribution >= 4 is 38.9 Å². The summed E-state index contributed by atoms with van der Waals surface area (Å²) in [7, 11) is -3.26. The number of benzene rings is 2. The number of nitrogens with zero attached hydrogens (tertiary/aromatic N) is 1. The van der Waals surface area contributed by atoms with Gasteiger partial charge in [-0.2, -0.15) is 0 Å². The average Bonchev–Trinajstić information content (AvgIpc) is 3.03. The first kappa shape index (κ1) is 22.8. The second kappa shape index (κ2) is 9.12. The maximum atomic E-state index is 14.4. The van der Waals surface area contributed by atoms with E-state index in [1.165, 1.54) is 23.1 Å². The highest BCUT2D eigenvalue weighted by Gasteiger charge is 2.37. The Kier molecular flexibility index (Phi) is 6.95. The fourth-order valence-corrected chi connectivity index (χ4v) is 5.51. The van der Waals surface area contributed by atoms with E-state index in [0.717, 1.165) is 5.56 Å². The number of carbonyl (C=O) groups excluding carboxylic acids is 1. The fraction of sp³-hybridized carbons (Fsp3) is 0.381. The highest BCUT2D eigenvalue weighted by molar-refractivity contribution is 7.91. The summed E-state index contributed by atoms with van der Waals surface area (Å²) in [6.07, 6.45) is -0.633. The SMILES string of the molecule is Cc1cc(O[C@H](C)C(=O)N(Cc2c(F)cccc2Cl)[C@H]2CCS(=O)(=O)C2)ccc1Cl. The maximum absolute atomic E-state index is 14.4. The van der Waals surface area contributed by atoms with Gasteiger partial charge in [0.25, 0.3) is 5.91 Å². The van der Waals surface area contributed by atoms with E-state index in [0.29, 0.717) is 10.8 Å². The van der Waals surface area contributed by atoms with Gasteiger partial charge in [0.2, 0.25) is 0 Å². The van der Waals surface area contributed by atoms with Crippen molar-refractivity contribution in [2.45, 2.75) is 39.0 Å². The van der Waals surface area contributed by atoms with Crippen LogP contribution in [0.25, 0.3) is 0 Å². The van der Waals surface area contributed by atoms with Crippen molar-refractivity contribution in [2.75, 3.05) is 11.5 Å². The zero-order valence-electron chi connectivity index (χ0n) is 16.6. The lowest BCUT2D eigenvalue weighted by Gasteiger charge is -2.31. The summed E-state index contributed by atoms with van der Waals surface area (Å²) >= 11 is 12.2. The molecule has 0 N–H and O–H groups in total. The molecule has 2 aromatic carbocycles. The van der Waals surface area contributed by atoms with E-state index in [1.54, 1.807) is 25.1 Å². The molecule has 0 bridgehead atoms. The van der Waals surface area contributed by atoms with Crippen LogP contribution in [0, 0.1) is 12.7 Å². The van der Waals surface area contributed by atoms with Gasteiger partial charge in [0.15, 0.2) is 15.9 Å². The summed E-state index contributed by atoms with van der Waals surface area (Å²) < 4.78 is 44.1. The third-order valence-electron chi connectivity index (χ3n) is 5.11. The third kappa shape index (κ3) is 5.25. The molecule has 1 heterocycles. The van der Waals surface area contributed by atoms with Gasteiger partial charge in [0, 0.05) is 21.7 Å². The molecular formula is C21H22Cl2FNO4S. The van der Waals surface area contributed by atoms with Crippen molar-refractivity contribution in [1.82, 2.24) is 4.90 Å². The molecule has 162 valence electrons. The largest absolute Gasteiger partial charge is 0.481 e. The topological polar surface area (TPSA) is 63.7 Å². The summed E-state index contributed by atoms with van der Waals surface area (Å²) in [6, 6.07) is 8.72. The van der Waals surface area contributed by atoms with Crippen molar-refractivity contribution in [3.8, 4) is 5.75 Å². The van der Waals surface area contributed by atoms with E-state index in [-0.39, 0.29) is 35.1 Å². The zero-order chi connectivity index (χ0) is 22.1. The summed E-state index contributed by atoms with van der Waals surface area (Å²) in [4.78, 5) is 14.6. The van der Waals surface area contributed by atoms with E-state index in [1.807, 2.05) is 6.92 Å². The zero-order valence-corrected chi connectivity index (χ0v) is 18.9. The first-order valence-electron chi connectivity index (χ1n) is 9.44. The van der Waals surface area contributed by atoms with Crippen LogP contribution in [-0.4, -0.2) is 42.9 Å². The summed E-state index contributed by atoms with van der Waals surface area (Å²) in [5.41, 5.74) is 0.942. The maximum Gasteiger partial charge on any atom is 0.263 e. The Morgan fingerprint density at radius 1 is 1.27 bits per heavy atom. The number of halogens is 3. The van der Waals surface area contributed by atoms with Crippen LogP contribution in [0.2, 0.25) is 10.0 Å². The van der Waals surface area contributed by atoms with Crippen LogP contribution in [0.4, 0.5) is 4.39 Å². The lowest BCUT2D eigenvalue weighted by molar-refractivity contribution is -0.140. The number of hydrogen-bond acceptors (Lipinski definition) is 4. The Bertz CT molecular complexity index is 1040. The van der Waals surface area contributed by atoms with Gasteiger partial charge in [0.05, 0.1) is 18.1 Å². The van der Waals surface area contributed by atoms with Gasteiger partial charge in [0.1, 0.15) is 11.6 Å². The standard InChI is InChI=1S/C21H22Cl2FNO4S/c1-13-10-16(6-7-18(13)22)29-14(2)21(26)25(15-8-9-30(27,28)12-15)11-17-19(23)4-3-5-20(17)24/h3-7,10,14-15H,8-9,11-12H2,1-2H3/t14-,15+/m1/s1. The molecule has 0 radical (unpaired) electrons. The molecule has 1 saturated heterocycles. The lowest BCUT2D eigenvalue weighted by Crippen LogP contribution is -2.46. The quantitative estimate of drug-likeness (QED) is 0.622. The van der Waals surface area contributed by atoms with Crippen molar-refractivity contribution < 1.29 is 22.3 Å². The minimum absolute atomic E-state index is 0.0158. The Hall–Kier alpha value is -1.83. The number of aryl methyl sites for hydroxylation is 1. The first-order chi connectivity index (χ1) is 14.1. The number of hydrogen-bond donors (Lipinski definition) is 0. The normalized spacial score (nSPS) is 18.8. The van der Waals surface area contributed by atoms with Crippen LogP contribution in [-0.2, 0) is 21.2 Å². The van der Waals surface area contributed by atoms with E-state index in [2.05, 4.69) is 0 Å². The molecule has 2 aromatic rings. The molecule has 0 aromatic heterocycles. The Labute approximate surface area is 185 Å². The number of carbonyl (C=O) groups is 1. The molecule has 1 aliphatic heterocycles. The summed E-state index contributed by atoms with van der Waals surface area (Å²) in [5.74, 6) is -0.719. The highest BCUT2D eigenvalue weighted by Crippen LogP contribution is 2.27. The molecule has 2 atom stereocenters. The van der Waals surface area contributed by atoms with E-state index in [4.69, 9.17) is 27.9 Å². The van der Waals surface area contributed by atoms with Crippen molar-refractivity contribution in [3.63, 3.8) is 0 Å². The van der Waals surface area contributed by atoms with Crippen molar-refractivity contribution in [3.05, 3.63) is 63.4 Å². The number of sulfone groups is 1. The second-order valence-corrected chi connectivity index (χ2v) is 10.4. The highest BCUT2D eigenvalue weighted by atomic mass is 35.5. The van der Waals surface area contributed by atoms with Gasteiger partial charge in [-0.25, -0.2) is 12.8 Å². The molecule has 1 fully saturated rings. The number of ether oxygens (including phenoxy) is 1. The number of rotatable bonds is 6. The van der Waals surface area contributed by atoms with Gasteiger partial charge >= 0.3 is 0 Å². The van der Waals surface area contributed by atoms with E-state index in [9.17, 15) is 17.6 Å². The van der Waals surface area contributed by atoms with Gasteiger partial charge in [-0.15, -0.1) is 0 Å².